The Kier molecular flexibility index (Phi) is 139. The topological polar surface area (TPSA) is 0 Å². The van der Waals surface area contributed by atoms with E-state index in [1.807, 2.05) is 0 Å². The van der Waals surface area contributed by atoms with Crippen LogP contribution in [0.5, 0.6) is 0 Å². The van der Waals surface area contributed by atoms with Crippen molar-refractivity contribution in [2.45, 2.75) is 0 Å². The molecule has 0 spiro atoms. The summed E-state index contributed by atoms with van der Waals surface area (Å²) in [5.41, 5.74) is 0. The van der Waals surface area contributed by atoms with Crippen molar-refractivity contribution in [1.29, 1.82) is 0 Å². The molecule has 0 aliphatic carbocycles. The Balaban J connectivity index is 0. The monoisotopic (exact) mass is 520 g/mol. The van der Waals surface area contributed by atoms with E-state index in [4.69, 9.17) is 0 Å². The smallest absolute Gasteiger partial charge is 0 e. The van der Waals surface area contributed by atoms with Gasteiger partial charge in [0.2, 0.25) is 0 Å². The quantitative estimate of drug-likeness (QED) is 0.394. The fourth-order valence-corrected chi connectivity index (χ4v) is 0. The first kappa shape index (κ1) is 31.3. The standard InChI is InChI=1S/2Au.2Cu. The summed E-state index contributed by atoms with van der Waals surface area (Å²) in [4.78, 5) is 0. The Morgan fingerprint density at radius 1 is 0.500 bits per heavy atom. The first-order valence-electron chi connectivity index (χ1n) is 0. The van der Waals surface area contributed by atoms with Gasteiger partial charge in [-0.1, -0.05) is 0 Å². The van der Waals surface area contributed by atoms with E-state index in [1.165, 1.54) is 0 Å². The summed E-state index contributed by atoms with van der Waals surface area (Å²) in [6.45, 7) is 0. The molecule has 0 aliphatic rings. The zero-order chi connectivity index (χ0) is 0. The van der Waals surface area contributed by atoms with Crippen molar-refractivity contribution < 1.29 is 78.9 Å². The van der Waals surface area contributed by atoms with Gasteiger partial charge in [0.1, 0.15) is 0 Å². The van der Waals surface area contributed by atoms with Crippen LogP contribution >= 0.6 is 0 Å². The molecule has 0 N–H and O–H groups in total. The van der Waals surface area contributed by atoms with E-state index in [2.05, 4.69) is 0 Å². The maximum atomic E-state index is 0. The van der Waals surface area contributed by atoms with Gasteiger partial charge in [0, 0.05) is 78.9 Å². The van der Waals surface area contributed by atoms with Crippen molar-refractivity contribution in [3.8, 4) is 0 Å². The van der Waals surface area contributed by atoms with E-state index in [0.29, 0.717) is 0 Å². The van der Waals surface area contributed by atoms with E-state index in [-0.39, 0.29) is 78.9 Å². The minimum Gasteiger partial charge on any atom is 0 e. The maximum absolute atomic E-state index is 0. The van der Waals surface area contributed by atoms with Gasteiger partial charge >= 0.3 is 0 Å². The molecule has 44 valence electrons. The molecule has 4 radical (unpaired) electrons. The van der Waals surface area contributed by atoms with Crippen molar-refractivity contribution in [1.82, 2.24) is 0 Å². The van der Waals surface area contributed by atoms with Gasteiger partial charge in [-0.05, 0) is 0 Å². The third-order valence-electron chi connectivity index (χ3n) is 0. The van der Waals surface area contributed by atoms with Crippen LogP contribution < -0.4 is 0 Å². The molecular weight excluding hydrogens is 521 g/mol. The number of hydrogen-bond acceptors (Lipinski definition) is 0. The van der Waals surface area contributed by atoms with Crippen molar-refractivity contribution in [2.75, 3.05) is 0 Å². The van der Waals surface area contributed by atoms with E-state index >= 15 is 0 Å². The molecule has 0 atom stereocenters. The van der Waals surface area contributed by atoms with Crippen LogP contribution in [0.1, 0.15) is 0 Å². The van der Waals surface area contributed by atoms with Crippen LogP contribution in [0, 0.1) is 0 Å². The second-order valence-corrected chi connectivity index (χ2v) is 0. The third kappa shape index (κ3) is 8.82. The molecule has 4 heteroatoms. The van der Waals surface area contributed by atoms with Crippen LogP contribution in [0.3, 0.4) is 0 Å². The normalized spacial score (nSPS) is 0. The largest absolute Gasteiger partial charge is 0 e. The van der Waals surface area contributed by atoms with Crippen molar-refractivity contribution >= 4 is 0 Å². The molecule has 0 saturated heterocycles. The molecule has 4 heavy (non-hydrogen) atoms. The van der Waals surface area contributed by atoms with Gasteiger partial charge < -0.3 is 0 Å². The zero-order valence-corrected chi connectivity index (χ0v) is 7.42. The summed E-state index contributed by atoms with van der Waals surface area (Å²) in [7, 11) is 0. The summed E-state index contributed by atoms with van der Waals surface area (Å²) >= 11 is 0. The number of hydrogen-bond donors (Lipinski definition) is 0. The SMILES string of the molecule is [Au].[Au].[Cu].[Cu]. The Labute approximate surface area is 77.8 Å². The molecule has 0 unspecified atom stereocenters. The fraction of sp³-hybridized carbons (Fsp3) is 0. The van der Waals surface area contributed by atoms with Gasteiger partial charge in [0.25, 0.3) is 0 Å². The molecule has 0 aliphatic heterocycles. The van der Waals surface area contributed by atoms with Crippen molar-refractivity contribution in [3.63, 3.8) is 0 Å². The second-order valence-electron chi connectivity index (χ2n) is 0. The summed E-state index contributed by atoms with van der Waals surface area (Å²) in [6.07, 6.45) is 0. The first-order valence-corrected chi connectivity index (χ1v) is 0. The van der Waals surface area contributed by atoms with E-state index in [9.17, 15) is 0 Å². The van der Waals surface area contributed by atoms with Crippen LogP contribution in [0.4, 0.5) is 0 Å². The van der Waals surface area contributed by atoms with Gasteiger partial charge in [-0.3, -0.25) is 0 Å². The van der Waals surface area contributed by atoms with Crippen LogP contribution in [-0.4, -0.2) is 0 Å². The molecule has 0 heterocycles. The molecule has 0 amide bonds. The van der Waals surface area contributed by atoms with Gasteiger partial charge in [-0.2, -0.15) is 0 Å². The maximum Gasteiger partial charge on any atom is 0 e. The third-order valence-corrected chi connectivity index (χ3v) is 0. The van der Waals surface area contributed by atoms with Crippen LogP contribution in [0.25, 0.3) is 0 Å². The molecule has 0 bridgehead atoms. The Hall–Kier alpha value is 2.52. The molecule has 0 aromatic heterocycles. The van der Waals surface area contributed by atoms with Gasteiger partial charge in [0.15, 0.2) is 0 Å². The summed E-state index contributed by atoms with van der Waals surface area (Å²) < 4.78 is 0. The summed E-state index contributed by atoms with van der Waals surface area (Å²) in [6, 6.07) is 0. The summed E-state index contributed by atoms with van der Waals surface area (Å²) in [5.74, 6) is 0. The van der Waals surface area contributed by atoms with Crippen molar-refractivity contribution in [3.05, 3.63) is 0 Å². The molecule has 0 rings (SSSR count). The first-order chi connectivity index (χ1) is 0. The molecule has 0 nitrogen and oxygen atoms in total. The predicted molar refractivity (Wildman–Crippen MR) is 0 cm³/mol. The average molecular weight is 521 g/mol. The zero-order valence-electron chi connectivity index (χ0n) is 1.21. The Bertz CT molecular complexity index is 4.00. The van der Waals surface area contributed by atoms with Gasteiger partial charge in [-0.15, -0.1) is 0 Å². The molecule has 0 aromatic rings. The van der Waals surface area contributed by atoms with Gasteiger partial charge in [-0.25, -0.2) is 0 Å². The van der Waals surface area contributed by atoms with E-state index in [0.717, 1.165) is 0 Å². The number of rotatable bonds is 0. The molecule has 0 fully saturated rings. The minimum absolute atomic E-state index is 0. The van der Waals surface area contributed by atoms with Gasteiger partial charge in [0.05, 0.1) is 0 Å². The van der Waals surface area contributed by atoms with Crippen LogP contribution in [0.15, 0.2) is 0 Å². The Morgan fingerprint density at radius 3 is 0.500 bits per heavy atom. The fourth-order valence-electron chi connectivity index (χ4n) is 0. The van der Waals surface area contributed by atoms with E-state index < -0.39 is 0 Å². The molecule has 0 saturated carbocycles. The molecular formula is Au2Cu2. The summed E-state index contributed by atoms with van der Waals surface area (Å²) in [5, 5.41) is 0. The predicted octanol–water partition coefficient (Wildman–Crippen LogP) is -0.0100. The average Bonchev–Trinajstić information content (AvgIpc) is 0. The minimum atomic E-state index is 0. The molecule has 0 aromatic carbocycles. The second kappa shape index (κ2) is 17.8. The van der Waals surface area contributed by atoms with Crippen LogP contribution in [-0.2, 0) is 78.9 Å². The van der Waals surface area contributed by atoms with Crippen LogP contribution in [0.2, 0.25) is 0 Å². The van der Waals surface area contributed by atoms with E-state index in [1.54, 1.807) is 0 Å². The van der Waals surface area contributed by atoms with Crippen molar-refractivity contribution in [2.24, 2.45) is 0 Å². The Morgan fingerprint density at radius 2 is 0.500 bits per heavy atom.